The van der Waals surface area contributed by atoms with Crippen LogP contribution in [0, 0.1) is 0 Å². The number of ether oxygens (including phenoxy) is 1. The minimum absolute atomic E-state index is 0.299. The van der Waals surface area contributed by atoms with Crippen LogP contribution in [0.2, 0.25) is 0 Å². The zero-order valence-electron chi connectivity index (χ0n) is 15.3. The zero-order valence-corrected chi connectivity index (χ0v) is 15.3. The van der Waals surface area contributed by atoms with E-state index in [1.807, 2.05) is 31.2 Å². The molecule has 0 unspecified atom stereocenters. The number of nitrogens with one attached hydrogen (secondary N) is 1. The van der Waals surface area contributed by atoms with Gasteiger partial charge in [0.05, 0.1) is 6.61 Å². The summed E-state index contributed by atoms with van der Waals surface area (Å²) in [6.07, 6.45) is 1.66. The molecule has 25 heavy (non-hydrogen) atoms. The van der Waals surface area contributed by atoms with E-state index in [1.165, 1.54) is 0 Å². The molecule has 0 radical (unpaired) electrons. The van der Waals surface area contributed by atoms with Gasteiger partial charge in [0.25, 0.3) is 5.91 Å². The lowest BCUT2D eigenvalue weighted by atomic mass is 9.90. The maximum Gasteiger partial charge on any atom is 0.326 e. The molecular weight excluding hydrogens is 320 g/mol. The molecule has 6 nitrogen and oxygen atoms in total. The van der Waals surface area contributed by atoms with Gasteiger partial charge in [-0.15, -0.1) is 0 Å². The van der Waals surface area contributed by atoms with E-state index < -0.39 is 23.4 Å². The van der Waals surface area contributed by atoms with E-state index in [2.05, 4.69) is 19.2 Å². The van der Waals surface area contributed by atoms with Crippen molar-refractivity contribution in [3.63, 3.8) is 0 Å². The minimum Gasteiger partial charge on any atom is -0.464 e. The smallest absolute Gasteiger partial charge is 0.326 e. The first-order valence-corrected chi connectivity index (χ1v) is 8.69. The summed E-state index contributed by atoms with van der Waals surface area (Å²) in [4.78, 5) is 37.7. The topological polar surface area (TPSA) is 75.7 Å². The molecule has 1 saturated heterocycles. The molecule has 1 atom stereocenters. The van der Waals surface area contributed by atoms with Crippen LogP contribution in [0.25, 0.3) is 0 Å². The van der Waals surface area contributed by atoms with Crippen molar-refractivity contribution in [1.82, 2.24) is 10.2 Å². The highest BCUT2D eigenvalue weighted by Gasteiger charge is 2.49. The molecule has 1 heterocycles. The average molecular weight is 346 g/mol. The lowest BCUT2D eigenvalue weighted by Crippen LogP contribution is -2.41. The molecule has 1 fully saturated rings. The summed E-state index contributed by atoms with van der Waals surface area (Å²) >= 11 is 0. The van der Waals surface area contributed by atoms with Crippen LogP contribution in [0.3, 0.4) is 0 Å². The Kier molecular flexibility index (Phi) is 5.82. The molecule has 1 aliphatic rings. The Labute approximate surface area is 148 Å². The number of hydrogen-bond donors (Lipinski definition) is 1. The molecule has 1 aliphatic heterocycles. The van der Waals surface area contributed by atoms with Crippen LogP contribution >= 0.6 is 0 Å². The number of benzene rings is 1. The largest absolute Gasteiger partial charge is 0.464 e. The first-order chi connectivity index (χ1) is 11.8. The van der Waals surface area contributed by atoms with Gasteiger partial charge in [0.1, 0.15) is 12.1 Å². The molecule has 2 rings (SSSR count). The van der Waals surface area contributed by atoms with E-state index in [-0.39, 0.29) is 6.54 Å². The van der Waals surface area contributed by atoms with Crippen molar-refractivity contribution in [1.29, 1.82) is 0 Å². The molecule has 1 aromatic rings. The Morgan fingerprint density at radius 3 is 2.44 bits per heavy atom. The van der Waals surface area contributed by atoms with Crippen LogP contribution in [0.4, 0.5) is 4.79 Å². The van der Waals surface area contributed by atoms with Gasteiger partial charge in [0, 0.05) is 0 Å². The van der Waals surface area contributed by atoms with Crippen molar-refractivity contribution in [2.45, 2.75) is 52.0 Å². The lowest BCUT2D eigenvalue weighted by Gasteiger charge is -2.22. The Hall–Kier alpha value is -2.37. The summed E-state index contributed by atoms with van der Waals surface area (Å²) in [7, 11) is 0. The summed E-state index contributed by atoms with van der Waals surface area (Å²) in [5.41, 5.74) is 0.675. The normalized spacial score (nSPS) is 20.1. The summed E-state index contributed by atoms with van der Waals surface area (Å²) in [5.74, 6) is -0.635. The second-order valence-electron chi connectivity index (χ2n) is 6.80. The van der Waals surface area contributed by atoms with Crippen molar-refractivity contribution in [2.75, 3.05) is 13.2 Å². The van der Waals surface area contributed by atoms with Crippen molar-refractivity contribution in [3.05, 3.63) is 35.4 Å². The monoisotopic (exact) mass is 346 g/mol. The number of carbonyl (C=O) groups is 3. The molecule has 0 aromatic heterocycles. The molecule has 1 aromatic carbocycles. The van der Waals surface area contributed by atoms with E-state index in [0.29, 0.717) is 18.1 Å². The number of amides is 3. The third kappa shape index (κ3) is 4.00. The van der Waals surface area contributed by atoms with Crippen LogP contribution in [-0.4, -0.2) is 36.0 Å². The molecule has 0 saturated carbocycles. The number of rotatable bonds is 7. The fraction of sp³-hybridized carbons (Fsp3) is 0.526. The second-order valence-corrected chi connectivity index (χ2v) is 6.80. The summed E-state index contributed by atoms with van der Waals surface area (Å²) < 4.78 is 5.04. The Morgan fingerprint density at radius 1 is 1.24 bits per heavy atom. The highest BCUT2D eigenvalue weighted by molar-refractivity contribution is 6.08. The zero-order chi connectivity index (χ0) is 18.6. The number of hydrogen-bond acceptors (Lipinski definition) is 4. The van der Waals surface area contributed by atoms with E-state index in [1.54, 1.807) is 6.92 Å². The maximum atomic E-state index is 12.8. The molecule has 0 spiro atoms. The molecule has 3 amide bonds. The predicted octanol–water partition coefficient (Wildman–Crippen LogP) is 2.92. The number of unbranched alkanes of at least 4 members (excludes halogenated alkanes) is 1. The van der Waals surface area contributed by atoms with Gasteiger partial charge >= 0.3 is 12.0 Å². The fourth-order valence-electron chi connectivity index (χ4n) is 2.74. The van der Waals surface area contributed by atoms with Crippen LogP contribution < -0.4 is 5.32 Å². The average Bonchev–Trinajstić information content (AvgIpc) is 2.79. The van der Waals surface area contributed by atoms with Crippen molar-refractivity contribution >= 4 is 17.9 Å². The van der Waals surface area contributed by atoms with Gasteiger partial charge in [-0.1, -0.05) is 51.5 Å². The lowest BCUT2D eigenvalue weighted by molar-refractivity contribution is -0.147. The fourth-order valence-corrected chi connectivity index (χ4v) is 2.74. The van der Waals surface area contributed by atoms with Crippen molar-refractivity contribution in [3.8, 4) is 0 Å². The van der Waals surface area contributed by atoms with Crippen LogP contribution in [0.5, 0.6) is 0 Å². The summed E-state index contributed by atoms with van der Waals surface area (Å²) in [5, 5.41) is 2.70. The molecule has 1 N–H and O–H groups in total. The molecular formula is C19H26N2O4. The third-order valence-electron chi connectivity index (χ3n) is 4.48. The number of imide groups is 1. The van der Waals surface area contributed by atoms with E-state index in [4.69, 9.17) is 4.74 Å². The van der Waals surface area contributed by atoms with Gasteiger partial charge < -0.3 is 10.1 Å². The number of urea groups is 1. The number of esters is 1. The van der Waals surface area contributed by atoms with Gasteiger partial charge in [0.2, 0.25) is 0 Å². The Bertz CT molecular complexity index is 654. The molecule has 136 valence electrons. The maximum absolute atomic E-state index is 12.8. The quantitative estimate of drug-likeness (QED) is 0.468. The van der Waals surface area contributed by atoms with Crippen molar-refractivity contribution in [2.24, 2.45) is 0 Å². The number of nitrogens with zero attached hydrogens (tertiary/aromatic N) is 1. The SMILES string of the molecule is CCCCOC(=O)CN1C(=O)N[C@@](C)(c2ccc(C(C)C)cc2)C1=O. The third-order valence-corrected chi connectivity index (χ3v) is 4.48. The van der Waals surface area contributed by atoms with Crippen molar-refractivity contribution < 1.29 is 19.1 Å². The minimum atomic E-state index is -1.17. The van der Waals surface area contributed by atoms with E-state index in [0.717, 1.165) is 23.3 Å². The van der Waals surface area contributed by atoms with E-state index in [9.17, 15) is 14.4 Å². The van der Waals surface area contributed by atoms with Crippen LogP contribution in [0.15, 0.2) is 24.3 Å². The second kappa shape index (κ2) is 7.68. The number of carbonyl (C=O) groups excluding carboxylic acids is 3. The molecule has 0 bridgehead atoms. The standard InChI is InChI=1S/C19H26N2O4/c1-5-6-11-25-16(22)12-21-17(23)19(4,20-18(21)24)15-9-7-14(8-10-15)13(2)3/h7-10,13H,5-6,11-12H2,1-4H3,(H,20,24)/t19-/m0/s1. The van der Waals surface area contributed by atoms with E-state index >= 15 is 0 Å². The first-order valence-electron chi connectivity index (χ1n) is 8.69. The highest BCUT2D eigenvalue weighted by atomic mass is 16.5. The Balaban J connectivity index is 2.12. The molecule has 6 heteroatoms. The molecule has 0 aliphatic carbocycles. The van der Waals surface area contributed by atoms with Crippen LogP contribution in [-0.2, 0) is 19.9 Å². The highest BCUT2D eigenvalue weighted by Crippen LogP contribution is 2.29. The van der Waals surface area contributed by atoms with Gasteiger partial charge in [-0.25, -0.2) is 4.79 Å². The predicted molar refractivity (Wildman–Crippen MR) is 94.0 cm³/mol. The summed E-state index contributed by atoms with van der Waals surface area (Å²) in [6.45, 7) is 7.75. The van der Waals surface area contributed by atoms with Gasteiger partial charge in [0.15, 0.2) is 0 Å². The van der Waals surface area contributed by atoms with Crippen LogP contribution in [0.1, 0.15) is 57.6 Å². The Morgan fingerprint density at radius 2 is 1.88 bits per heavy atom. The van der Waals surface area contributed by atoms with Gasteiger partial charge in [-0.05, 0) is 30.4 Å². The summed E-state index contributed by atoms with van der Waals surface area (Å²) in [6, 6.07) is 7.01. The van der Waals surface area contributed by atoms with Gasteiger partial charge in [-0.3, -0.25) is 14.5 Å². The first kappa shape index (κ1) is 19.0. The van der Waals surface area contributed by atoms with Gasteiger partial charge in [-0.2, -0.15) is 0 Å².